The van der Waals surface area contributed by atoms with E-state index in [9.17, 15) is 5.11 Å². The zero-order valence-corrected chi connectivity index (χ0v) is 13.6. The van der Waals surface area contributed by atoms with E-state index in [-0.39, 0.29) is 12.4 Å². The highest BCUT2D eigenvalue weighted by molar-refractivity contribution is 5.90. The molecule has 0 saturated carbocycles. The zero-order chi connectivity index (χ0) is 16.9. The zero-order valence-electron chi connectivity index (χ0n) is 13.6. The Labute approximate surface area is 140 Å². The van der Waals surface area contributed by atoms with Gasteiger partial charge in [0.25, 0.3) is 0 Å². The maximum absolute atomic E-state index is 9.46. The molecule has 0 amide bonds. The molecule has 5 heteroatoms. The van der Waals surface area contributed by atoms with Crippen LogP contribution < -0.4 is 4.74 Å². The van der Waals surface area contributed by atoms with Crippen molar-refractivity contribution in [2.24, 2.45) is 0 Å². The number of methoxy groups -OCH3 is 2. The predicted octanol–water partition coefficient (Wildman–Crippen LogP) is 3.61. The molecule has 0 atom stereocenters. The number of aromatic hydroxyl groups is 1. The Balaban J connectivity index is 2.01. The van der Waals surface area contributed by atoms with Gasteiger partial charge in [0.05, 0.1) is 5.69 Å². The van der Waals surface area contributed by atoms with E-state index in [0.717, 1.165) is 22.0 Å². The Kier molecular flexibility index (Phi) is 4.93. The maximum atomic E-state index is 9.46. The van der Waals surface area contributed by atoms with Gasteiger partial charge in [-0.15, -0.1) is 0 Å². The van der Waals surface area contributed by atoms with Crippen molar-refractivity contribution < 1.29 is 19.3 Å². The van der Waals surface area contributed by atoms with Crippen LogP contribution in [0.25, 0.3) is 22.0 Å². The van der Waals surface area contributed by atoms with Crippen LogP contribution in [0.3, 0.4) is 0 Å². The fraction of sp³-hybridized carbons (Fsp3) is 0.211. The molecule has 24 heavy (non-hydrogen) atoms. The predicted molar refractivity (Wildman–Crippen MR) is 92.1 cm³/mol. The van der Waals surface area contributed by atoms with Crippen LogP contribution in [0, 0.1) is 0 Å². The van der Waals surface area contributed by atoms with Crippen molar-refractivity contribution in [1.82, 2.24) is 4.98 Å². The van der Waals surface area contributed by atoms with Crippen LogP contribution in [0.1, 0.15) is 0 Å². The number of hydrogen-bond donors (Lipinski definition) is 1. The molecule has 0 bridgehead atoms. The van der Waals surface area contributed by atoms with Gasteiger partial charge in [0.15, 0.2) is 6.29 Å². The van der Waals surface area contributed by atoms with E-state index < -0.39 is 6.29 Å². The van der Waals surface area contributed by atoms with Crippen LogP contribution >= 0.6 is 0 Å². The van der Waals surface area contributed by atoms with E-state index in [0.29, 0.717) is 5.88 Å². The molecule has 1 aromatic heterocycles. The van der Waals surface area contributed by atoms with Gasteiger partial charge >= 0.3 is 0 Å². The number of fused-ring (bicyclic) bond motifs is 1. The molecule has 2 aromatic carbocycles. The third-order valence-electron chi connectivity index (χ3n) is 3.75. The van der Waals surface area contributed by atoms with Crippen molar-refractivity contribution in [1.29, 1.82) is 0 Å². The van der Waals surface area contributed by atoms with Gasteiger partial charge in [-0.25, -0.2) is 4.98 Å². The number of nitrogens with zero attached hydrogens (tertiary/aromatic N) is 1. The standard InChI is InChI=1S/C19H19NO4/c1-22-18(23-2)12-24-19-16-6-4-3-5-14(16)11-17(20-19)13-7-9-15(21)10-8-13/h3-11,18,21H,12H2,1-2H3. The molecular weight excluding hydrogens is 306 g/mol. The molecule has 0 unspecified atom stereocenters. The lowest BCUT2D eigenvalue weighted by Gasteiger charge is -2.16. The molecule has 0 spiro atoms. The Morgan fingerprint density at radius 3 is 2.42 bits per heavy atom. The van der Waals surface area contributed by atoms with Gasteiger partial charge in [0.1, 0.15) is 12.4 Å². The number of benzene rings is 2. The lowest BCUT2D eigenvalue weighted by atomic mass is 10.1. The van der Waals surface area contributed by atoms with Gasteiger partial charge in [-0.05, 0) is 41.8 Å². The minimum Gasteiger partial charge on any atom is -0.508 e. The number of ether oxygens (including phenoxy) is 3. The number of phenolic OH excluding ortho intramolecular Hbond substituents is 1. The molecule has 124 valence electrons. The highest BCUT2D eigenvalue weighted by atomic mass is 16.7. The van der Waals surface area contributed by atoms with Gasteiger partial charge in [-0.2, -0.15) is 0 Å². The van der Waals surface area contributed by atoms with Gasteiger partial charge in [0.2, 0.25) is 5.88 Å². The number of hydrogen-bond acceptors (Lipinski definition) is 5. The summed E-state index contributed by atoms with van der Waals surface area (Å²) < 4.78 is 16.2. The SMILES string of the molecule is COC(COc1nc(-c2ccc(O)cc2)cc2ccccc12)OC. The normalized spacial score (nSPS) is 11.1. The lowest BCUT2D eigenvalue weighted by Crippen LogP contribution is -2.22. The summed E-state index contributed by atoms with van der Waals surface area (Å²) in [4.78, 5) is 4.63. The van der Waals surface area contributed by atoms with Gasteiger partial charge < -0.3 is 19.3 Å². The quantitative estimate of drug-likeness (QED) is 0.702. The summed E-state index contributed by atoms with van der Waals surface area (Å²) in [5.41, 5.74) is 1.67. The summed E-state index contributed by atoms with van der Waals surface area (Å²) in [5, 5.41) is 11.4. The summed E-state index contributed by atoms with van der Waals surface area (Å²) in [6.07, 6.45) is -0.456. The molecule has 3 rings (SSSR count). The molecule has 0 aliphatic rings. The molecule has 1 heterocycles. The van der Waals surface area contributed by atoms with Crippen molar-refractivity contribution in [3.05, 3.63) is 54.6 Å². The van der Waals surface area contributed by atoms with E-state index in [2.05, 4.69) is 4.98 Å². The van der Waals surface area contributed by atoms with Crippen molar-refractivity contribution in [3.8, 4) is 22.9 Å². The topological polar surface area (TPSA) is 60.8 Å². The van der Waals surface area contributed by atoms with Crippen LogP contribution in [0.15, 0.2) is 54.6 Å². The second-order valence-electron chi connectivity index (χ2n) is 5.29. The molecule has 3 aromatic rings. The maximum Gasteiger partial charge on any atom is 0.222 e. The first-order valence-corrected chi connectivity index (χ1v) is 7.59. The van der Waals surface area contributed by atoms with Crippen molar-refractivity contribution in [3.63, 3.8) is 0 Å². The van der Waals surface area contributed by atoms with Crippen LogP contribution in [0.2, 0.25) is 0 Å². The molecule has 0 saturated heterocycles. The number of aromatic nitrogens is 1. The second kappa shape index (κ2) is 7.29. The van der Waals surface area contributed by atoms with Crippen molar-refractivity contribution >= 4 is 10.8 Å². The van der Waals surface area contributed by atoms with Crippen LogP contribution in [-0.2, 0) is 9.47 Å². The van der Waals surface area contributed by atoms with Gasteiger partial charge in [-0.1, -0.05) is 18.2 Å². The average Bonchev–Trinajstić information content (AvgIpc) is 2.63. The number of pyridine rings is 1. The fourth-order valence-corrected chi connectivity index (χ4v) is 2.44. The Hall–Kier alpha value is -2.63. The molecule has 5 nitrogen and oxygen atoms in total. The minimum absolute atomic E-state index is 0.221. The summed E-state index contributed by atoms with van der Waals surface area (Å²) in [5.74, 6) is 0.745. The molecular formula is C19H19NO4. The smallest absolute Gasteiger partial charge is 0.222 e. The minimum atomic E-state index is -0.456. The molecule has 0 aliphatic heterocycles. The third-order valence-corrected chi connectivity index (χ3v) is 3.75. The van der Waals surface area contributed by atoms with E-state index in [4.69, 9.17) is 14.2 Å². The van der Waals surface area contributed by atoms with E-state index in [1.54, 1.807) is 26.4 Å². The Morgan fingerprint density at radius 1 is 1.00 bits per heavy atom. The summed E-state index contributed by atoms with van der Waals surface area (Å²) in [7, 11) is 3.13. The molecule has 0 aliphatic carbocycles. The van der Waals surface area contributed by atoms with E-state index in [1.807, 2.05) is 42.5 Å². The molecule has 0 radical (unpaired) electrons. The number of phenols is 1. The highest BCUT2D eigenvalue weighted by Gasteiger charge is 2.12. The second-order valence-corrected chi connectivity index (χ2v) is 5.29. The monoisotopic (exact) mass is 325 g/mol. The molecule has 1 N–H and O–H groups in total. The van der Waals surface area contributed by atoms with Crippen molar-refractivity contribution in [2.45, 2.75) is 6.29 Å². The first kappa shape index (κ1) is 16.2. The highest BCUT2D eigenvalue weighted by Crippen LogP contribution is 2.30. The van der Waals surface area contributed by atoms with Crippen LogP contribution in [0.5, 0.6) is 11.6 Å². The summed E-state index contributed by atoms with van der Waals surface area (Å²) in [6.45, 7) is 0.239. The van der Waals surface area contributed by atoms with Gasteiger partial charge in [0, 0.05) is 25.2 Å². The first-order chi connectivity index (χ1) is 11.7. The number of rotatable bonds is 6. The van der Waals surface area contributed by atoms with Crippen molar-refractivity contribution in [2.75, 3.05) is 20.8 Å². The van der Waals surface area contributed by atoms with Crippen LogP contribution in [0.4, 0.5) is 0 Å². The van der Waals surface area contributed by atoms with Gasteiger partial charge in [-0.3, -0.25) is 0 Å². The fourth-order valence-electron chi connectivity index (χ4n) is 2.44. The average molecular weight is 325 g/mol. The first-order valence-electron chi connectivity index (χ1n) is 7.59. The molecule has 0 fully saturated rings. The Morgan fingerprint density at radius 2 is 1.71 bits per heavy atom. The van der Waals surface area contributed by atoms with Crippen LogP contribution in [-0.4, -0.2) is 37.2 Å². The van der Waals surface area contributed by atoms with E-state index in [1.165, 1.54) is 0 Å². The third kappa shape index (κ3) is 3.48. The van der Waals surface area contributed by atoms with E-state index >= 15 is 0 Å². The summed E-state index contributed by atoms with van der Waals surface area (Å²) >= 11 is 0. The lowest BCUT2D eigenvalue weighted by molar-refractivity contribution is -0.122. The Bertz CT molecular complexity index is 813. The summed E-state index contributed by atoms with van der Waals surface area (Å²) in [6, 6.07) is 16.8. The largest absolute Gasteiger partial charge is 0.508 e.